The van der Waals surface area contributed by atoms with E-state index in [2.05, 4.69) is 0 Å². The number of carbonyl (C=O) groups excluding carboxylic acids is 2. The Morgan fingerprint density at radius 3 is 2.33 bits per heavy atom. The monoisotopic (exact) mass is 421 g/mol. The van der Waals surface area contributed by atoms with Crippen LogP contribution in [0, 0.1) is 0 Å². The van der Waals surface area contributed by atoms with Crippen molar-refractivity contribution in [1.29, 1.82) is 0 Å². The van der Waals surface area contributed by atoms with E-state index in [1.54, 1.807) is 24.3 Å². The fourth-order valence-electron chi connectivity index (χ4n) is 2.84. The van der Waals surface area contributed by atoms with E-state index >= 15 is 0 Å². The number of benzene rings is 2. The summed E-state index contributed by atoms with van der Waals surface area (Å²) >= 11 is 13.4. The number of hydrogen-bond acceptors (Lipinski definition) is 4. The van der Waals surface area contributed by atoms with Gasteiger partial charge in [0.25, 0.3) is 11.8 Å². The number of nitrogens with zero attached hydrogens (tertiary/aromatic N) is 1. The van der Waals surface area contributed by atoms with Crippen LogP contribution in [-0.4, -0.2) is 29.3 Å². The van der Waals surface area contributed by atoms with Crippen LogP contribution in [0.15, 0.2) is 47.4 Å². The van der Waals surface area contributed by atoms with Crippen LogP contribution in [-0.2, 0) is 16.0 Å². The Bertz CT molecular complexity index is 925. The zero-order chi connectivity index (χ0) is 19.6. The molecule has 4 nitrogen and oxygen atoms in total. The summed E-state index contributed by atoms with van der Waals surface area (Å²) in [6, 6.07) is 12.1. The fraction of sp³-hybridized carbons (Fsp3) is 0.200. The highest BCUT2D eigenvalue weighted by Gasteiger charge is 2.40. The number of halogens is 2. The molecule has 1 aliphatic heterocycles. The van der Waals surface area contributed by atoms with Gasteiger partial charge >= 0.3 is 0 Å². The van der Waals surface area contributed by atoms with E-state index in [0.717, 1.165) is 28.6 Å². The lowest BCUT2D eigenvalue weighted by molar-refractivity contribution is -0.119. The van der Waals surface area contributed by atoms with Crippen LogP contribution in [0.1, 0.15) is 18.1 Å². The standard InChI is InChI=1S/C20H17Cl2NO3S/c1-2-12-3-6-14(7-4-12)23-19(25)17(18(20(23)26)27-10-9-24)15-8-5-13(21)11-16(15)22/h3-8,11,24H,2,9-10H2,1H3. The van der Waals surface area contributed by atoms with Crippen LogP contribution in [0.4, 0.5) is 5.69 Å². The van der Waals surface area contributed by atoms with Crippen molar-refractivity contribution in [1.82, 2.24) is 0 Å². The molecule has 1 heterocycles. The largest absolute Gasteiger partial charge is 0.396 e. The van der Waals surface area contributed by atoms with E-state index in [1.165, 1.54) is 6.07 Å². The summed E-state index contributed by atoms with van der Waals surface area (Å²) < 4.78 is 0. The minimum absolute atomic E-state index is 0.109. The molecule has 1 N–H and O–H groups in total. The van der Waals surface area contributed by atoms with Gasteiger partial charge in [-0.05, 0) is 36.2 Å². The van der Waals surface area contributed by atoms with Crippen LogP contribution in [0.25, 0.3) is 5.57 Å². The van der Waals surface area contributed by atoms with Crippen molar-refractivity contribution < 1.29 is 14.7 Å². The Morgan fingerprint density at radius 2 is 1.74 bits per heavy atom. The second kappa shape index (κ2) is 8.48. The molecule has 2 aromatic carbocycles. The van der Waals surface area contributed by atoms with E-state index in [9.17, 15) is 14.7 Å². The summed E-state index contributed by atoms with van der Waals surface area (Å²) in [7, 11) is 0. The zero-order valence-electron chi connectivity index (χ0n) is 14.5. The maximum absolute atomic E-state index is 13.2. The predicted molar refractivity (Wildman–Crippen MR) is 111 cm³/mol. The van der Waals surface area contributed by atoms with Crippen LogP contribution >= 0.6 is 35.0 Å². The Morgan fingerprint density at radius 1 is 1.04 bits per heavy atom. The highest BCUT2D eigenvalue weighted by molar-refractivity contribution is 8.04. The number of rotatable bonds is 6. The molecule has 0 fully saturated rings. The highest BCUT2D eigenvalue weighted by Crippen LogP contribution is 2.40. The Kier molecular flexibility index (Phi) is 6.27. The van der Waals surface area contributed by atoms with Gasteiger partial charge in [-0.15, -0.1) is 11.8 Å². The summed E-state index contributed by atoms with van der Waals surface area (Å²) in [6.45, 7) is 1.93. The summed E-state index contributed by atoms with van der Waals surface area (Å²) in [4.78, 5) is 27.6. The van der Waals surface area contributed by atoms with Gasteiger partial charge in [0, 0.05) is 16.3 Å². The SMILES string of the molecule is CCc1ccc(N2C(=O)C(SCCO)=C(c3ccc(Cl)cc3Cl)C2=O)cc1. The van der Waals surface area contributed by atoms with E-state index in [4.69, 9.17) is 23.2 Å². The maximum atomic E-state index is 13.2. The van der Waals surface area contributed by atoms with Gasteiger partial charge in [-0.3, -0.25) is 9.59 Å². The number of anilines is 1. The van der Waals surface area contributed by atoms with Gasteiger partial charge in [0.1, 0.15) is 0 Å². The van der Waals surface area contributed by atoms with Crippen molar-refractivity contribution in [3.05, 3.63) is 68.5 Å². The van der Waals surface area contributed by atoms with Crippen LogP contribution in [0.5, 0.6) is 0 Å². The summed E-state index contributed by atoms with van der Waals surface area (Å²) in [5.41, 5.74) is 2.30. The third-order valence-electron chi connectivity index (χ3n) is 4.18. The quantitative estimate of drug-likeness (QED) is 0.694. The van der Waals surface area contributed by atoms with Crippen molar-refractivity contribution in [2.75, 3.05) is 17.3 Å². The molecule has 0 spiro atoms. The predicted octanol–water partition coefficient (Wildman–Crippen LogP) is 4.57. The maximum Gasteiger partial charge on any atom is 0.272 e. The molecule has 0 bridgehead atoms. The summed E-state index contributed by atoms with van der Waals surface area (Å²) in [5.74, 6) is -0.552. The van der Waals surface area contributed by atoms with Crippen LogP contribution in [0.3, 0.4) is 0 Å². The summed E-state index contributed by atoms with van der Waals surface area (Å²) in [6.07, 6.45) is 0.865. The topological polar surface area (TPSA) is 57.6 Å². The second-order valence-electron chi connectivity index (χ2n) is 5.87. The molecule has 1 aliphatic rings. The number of aliphatic hydroxyl groups is 1. The molecule has 0 aliphatic carbocycles. The molecule has 140 valence electrons. The van der Waals surface area contributed by atoms with Gasteiger partial charge in [-0.1, -0.05) is 48.3 Å². The van der Waals surface area contributed by atoms with Crippen molar-refractivity contribution >= 4 is 58.0 Å². The van der Waals surface area contributed by atoms with E-state index in [1.807, 2.05) is 19.1 Å². The fourth-order valence-corrected chi connectivity index (χ4v) is 4.19. The number of thioether (sulfide) groups is 1. The number of imide groups is 1. The molecule has 27 heavy (non-hydrogen) atoms. The van der Waals surface area contributed by atoms with Crippen LogP contribution < -0.4 is 4.90 Å². The average Bonchev–Trinajstić information content (AvgIpc) is 2.90. The molecule has 0 aromatic heterocycles. The lowest BCUT2D eigenvalue weighted by Gasteiger charge is -2.16. The molecule has 0 atom stereocenters. The number of amides is 2. The number of aliphatic hydroxyl groups excluding tert-OH is 1. The first-order valence-electron chi connectivity index (χ1n) is 8.39. The highest BCUT2D eigenvalue weighted by atomic mass is 35.5. The summed E-state index contributed by atoms with van der Waals surface area (Å²) in [5, 5.41) is 9.91. The number of hydrogen-bond donors (Lipinski definition) is 1. The first kappa shape index (κ1) is 20.0. The molecule has 0 radical (unpaired) electrons. The Balaban J connectivity index is 2.08. The molecule has 2 aromatic rings. The van der Waals surface area contributed by atoms with Crippen molar-refractivity contribution in [3.63, 3.8) is 0 Å². The van der Waals surface area contributed by atoms with Crippen molar-refractivity contribution in [3.8, 4) is 0 Å². The van der Waals surface area contributed by atoms with Crippen molar-refractivity contribution in [2.24, 2.45) is 0 Å². The van der Waals surface area contributed by atoms with Gasteiger partial charge < -0.3 is 5.11 Å². The third kappa shape index (κ3) is 3.92. The van der Waals surface area contributed by atoms with Gasteiger partial charge in [-0.2, -0.15) is 0 Å². The Labute approximate surface area is 171 Å². The first-order chi connectivity index (χ1) is 13.0. The minimum atomic E-state index is -0.436. The molecule has 0 saturated carbocycles. The molecule has 0 saturated heterocycles. The van der Waals surface area contributed by atoms with Gasteiger partial charge in [0.15, 0.2) is 0 Å². The molecular weight excluding hydrogens is 405 g/mol. The minimum Gasteiger partial charge on any atom is -0.396 e. The molecule has 3 rings (SSSR count). The molecular formula is C20H17Cl2NO3S. The molecule has 2 amide bonds. The normalized spacial score (nSPS) is 14.4. The third-order valence-corrected chi connectivity index (χ3v) is 5.78. The molecule has 7 heteroatoms. The average molecular weight is 422 g/mol. The molecule has 0 unspecified atom stereocenters. The second-order valence-corrected chi connectivity index (χ2v) is 7.81. The number of aryl methyl sites for hydroxylation is 1. The zero-order valence-corrected chi connectivity index (χ0v) is 16.9. The lowest BCUT2D eigenvalue weighted by atomic mass is 10.1. The van der Waals surface area contributed by atoms with Gasteiger partial charge in [0.05, 0.1) is 27.8 Å². The van der Waals surface area contributed by atoms with Gasteiger partial charge in [0.2, 0.25) is 0 Å². The van der Waals surface area contributed by atoms with Crippen LogP contribution in [0.2, 0.25) is 10.0 Å². The number of carbonyl (C=O) groups is 2. The first-order valence-corrected chi connectivity index (χ1v) is 10.1. The van der Waals surface area contributed by atoms with Crippen molar-refractivity contribution in [2.45, 2.75) is 13.3 Å². The van der Waals surface area contributed by atoms with E-state index in [0.29, 0.717) is 27.0 Å². The van der Waals surface area contributed by atoms with Gasteiger partial charge in [-0.25, -0.2) is 4.90 Å². The lowest BCUT2D eigenvalue weighted by Crippen LogP contribution is -2.31. The Hall–Kier alpha value is -1.79. The smallest absolute Gasteiger partial charge is 0.272 e. The van der Waals surface area contributed by atoms with E-state index < -0.39 is 11.8 Å². The van der Waals surface area contributed by atoms with E-state index in [-0.39, 0.29) is 17.1 Å².